The molecule has 0 bridgehead atoms. The Balaban J connectivity index is 1.56. The number of hydrogen-bond acceptors (Lipinski definition) is 5. The van der Waals surface area contributed by atoms with Gasteiger partial charge in [-0.3, -0.25) is 9.59 Å². The van der Waals surface area contributed by atoms with Crippen LogP contribution in [0.15, 0.2) is 30.6 Å². The van der Waals surface area contributed by atoms with Crippen molar-refractivity contribution in [2.45, 2.75) is 32.2 Å². The summed E-state index contributed by atoms with van der Waals surface area (Å²) in [7, 11) is 1.55. The molecule has 0 spiro atoms. The number of aromatic nitrogens is 3. The van der Waals surface area contributed by atoms with Gasteiger partial charge in [0.15, 0.2) is 0 Å². The van der Waals surface area contributed by atoms with Gasteiger partial charge in [0.2, 0.25) is 5.91 Å². The molecule has 1 N–H and O–H groups in total. The lowest BCUT2D eigenvalue weighted by molar-refractivity contribution is -0.131. The maximum Gasteiger partial charge on any atom is 0.251 e. The summed E-state index contributed by atoms with van der Waals surface area (Å²) in [6.07, 6.45) is 3.62. The molecule has 1 aliphatic rings. The third kappa shape index (κ3) is 4.45. The van der Waals surface area contributed by atoms with Gasteiger partial charge < -0.3 is 19.5 Å². The first-order chi connectivity index (χ1) is 13.1. The van der Waals surface area contributed by atoms with Crippen LogP contribution in [0.2, 0.25) is 0 Å². The number of piperidine rings is 1. The molecule has 0 aliphatic carbocycles. The minimum atomic E-state index is -0.290. The SMILES string of the molecule is CCn1cnnc1C1CCCN(C(=O)CNC(=O)c2cccc(OC)c2)C1. The first-order valence-corrected chi connectivity index (χ1v) is 9.20. The van der Waals surface area contributed by atoms with Gasteiger partial charge in [0, 0.05) is 31.1 Å². The highest BCUT2D eigenvalue weighted by molar-refractivity contribution is 5.96. The van der Waals surface area contributed by atoms with E-state index in [4.69, 9.17) is 4.74 Å². The number of nitrogens with zero attached hydrogens (tertiary/aromatic N) is 4. The number of ether oxygens (including phenoxy) is 1. The van der Waals surface area contributed by atoms with Crippen LogP contribution in [0.5, 0.6) is 5.75 Å². The molecule has 8 heteroatoms. The van der Waals surface area contributed by atoms with E-state index in [0.717, 1.165) is 25.2 Å². The fourth-order valence-corrected chi connectivity index (χ4v) is 3.37. The lowest BCUT2D eigenvalue weighted by Crippen LogP contribution is -2.44. The van der Waals surface area contributed by atoms with Crippen LogP contribution >= 0.6 is 0 Å². The molecule has 1 saturated heterocycles. The van der Waals surface area contributed by atoms with Gasteiger partial charge in [-0.1, -0.05) is 6.07 Å². The number of amides is 2. The number of carbonyl (C=O) groups is 2. The third-order valence-electron chi connectivity index (χ3n) is 4.86. The molecular weight excluding hydrogens is 346 g/mol. The Bertz CT molecular complexity index is 804. The number of aryl methyl sites for hydroxylation is 1. The van der Waals surface area contributed by atoms with E-state index in [2.05, 4.69) is 15.5 Å². The quantitative estimate of drug-likeness (QED) is 0.830. The molecular formula is C19H25N5O3. The zero-order valence-corrected chi connectivity index (χ0v) is 15.7. The summed E-state index contributed by atoms with van der Waals surface area (Å²) in [5, 5.41) is 10.9. The van der Waals surface area contributed by atoms with E-state index < -0.39 is 0 Å². The van der Waals surface area contributed by atoms with Gasteiger partial charge in [0.25, 0.3) is 5.91 Å². The summed E-state index contributed by atoms with van der Waals surface area (Å²) in [5.41, 5.74) is 0.467. The lowest BCUT2D eigenvalue weighted by Gasteiger charge is -2.32. The molecule has 2 heterocycles. The summed E-state index contributed by atoms with van der Waals surface area (Å²) in [6, 6.07) is 6.85. The Morgan fingerprint density at radius 3 is 3.00 bits per heavy atom. The Labute approximate surface area is 158 Å². The highest BCUT2D eigenvalue weighted by Gasteiger charge is 2.27. The van der Waals surface area contributed by atoms with Crippen molar-refractivity contribution in [3.05, 3.63) is 42.0 Å². The third-order valence-corrected chi connectivity index (χ3v) is 4.86. The first kappa shape index (κ1) is 18.9. The molecule has 8 nitrogen and oxygen atoms in total. The molecule has 1 aromatic carbocycles. The van der Waals surface area contributed by atoms with Gasteiger partial charge in [0.05, 0.1) is 13.7 Å². The van der Waals surface area contributed by atoms with Crippen molar-refractivity contribution in [2.75, 3.05) is 26.7 Å². The summed E-state index contributed by atoms with van der Waals surface area (Å²) < 4.78 is 7.14. The van der Waals surface area contributed by atoms with E-state index in [1.165, 1.54) is 0 Å². The second kappa shape index (κ2) is 8.66. The normalized spacial score (nSPS) is 16.8. The van der Waals surface area contributed by atoms with Crippen molar-refractivity contribution in [1.29, 1.82) is 0 Å². The average molecular weight is 371 g/mol. The predicted octanol–water partition coefficient (Wildman–Crippen LogP) is 1.44. The molecule has 0 saturated carbocycles. The monoisotopic (exact) mass is 371 g/mol. The summed E-state index contributed by atoms with van der Waals surface area (Å²) in [5.74, 6) is 1.34. The van der Waals surface area contributed by atoms with Crippen LogP contribution in [-0.4, -0.2) is 58.2 Å². The minimum Gasteiger partial charge on any atom is -0.497 e. The van der Waals surface area contributed by atoms with Gasteiger partial charge in [-0.25, -0.2) is 0 Å². The number of hydrogen-bond donors (Lipinski definition) is 1. The molecule has 2 amide bonds. The van der Waals surface area contributed by atoms with Crippen LogP contribution in [0.1, 0.15) is 41.9 Å². The number of carbonyl (C=O) groups excluding carboxylic acids is 2. The first-order valence-electron chi connectivity index (χ1n) is 9.20. The number of rotatable bonds is 6. The summed E-state index contributed by atoms with van der Waals surface area (Å²) in [4.78, 5) is 26.6. The summed E-state index contributed by atoms with van der Waals surface area (Å²) >= 11 is 0. The van der Waals surface area contributed by atoms with Gasteiger partial charge >= 0.3 is 0 Å². The van der Waals surface area contributed by atoms with Crippen LogP contribution in [0.4, 0.5) is 0 Å². The molecule has 2 aromatic rings. The highest BCUT2D eigenvalue weighted by Crippen LogP contribution is 2.25. The van der Waals surface area contributed by atoms with Crippen LogP contribution in [0.3, 0.4) is 0 Å². The van der Waals surface area contributed by atoms with E-state index in [0.29, 0.717) is 24.4 Å². The molecule has 1 aromatic heterocycles. The standard InChI is InChI=1S/C19H25N5O3/c1-3-23-13-21-22-18(23)15-7-5-9-24(12-15)17(25)11-20-19(26)14-6-4-8-16(10-14)27-2/h4,6,8,10,13,15H,3,5,7,9,11-12H2,1-2H3,(H,20,26). The van der Waals surface area contributed by atoms with Crippen LogP contribution in [0.25, 0.3) is 0 Å². The lowest BCUT2D eigenvalue weighted by atomic mass is 9.97. The maximum absolute atomic E-state index is 12.6. The number of methoxy groups -OCH3 is 1. The van der Waals surface area contributed by atoms with E-state index in [-0.39, 0.29) is 24.3 Å². The highest BCUT2D eigenvalue weighted by atomic mass is 16.5. The van der Waals surface area contributed by atoms with Gasteiger partial charge in [0.1, 0.15) is 17.9 Å². The maximum atomic E-state index is 12.6. The molecule has 144 valence electrons. The fraction of sp³-hybridized carbons (Fsp3) is 0.474. The fourth-order valence-electron chi connectivity index (χ4n) is 3.37. The molecule has 1 aliphatic heterocycles. The topological polar surface area (TPSA) is 89.4 Å². The molecule has 1 atom stereocenters. The molecule has 3 rings (SSSR count). The van der Waals surface area contributed by atoms with Crippen LogP contribution < -0.4 is 10.1 Å². The Morgan fingerprint density at radius 1 is 1.37 bits per heavy atom. The zero-order chi connectivity index (χ0) is 19.2. The van der Waals surface area contributed by atoms with Crippen molar-refractivity contribution >= 4 is 11.8 Å². The van der Waals surface area contributed by atoms with Crippen molar-refractivity contribution in [1.82, 2.24) is 25.0 Å². The largest absolute Gasteiger partial charge is 0.497 e. The van der Waals surface area contributed by atoms with Crippen LogP contribution in [0, 0.1) is 0 Å². The number of benzene rings is 1. The Kier molecular flexibility index (Phi) is 6.05. The molecule has 1 unspecified atom stereocenters. The molecule has 27 heavy (non-hydrogen) atoms. The van der Waals surface area contributed by atoms with Crippen LogP contribution in [-0.2, 0) is 11.3 Å². The van der Waals surface area contributed by atoms with Crippen molar-refractivity contribution in [3.8, 4) is 5.75 Å². The van der Waals surface area contributed by atoms with Crippen molar-refractivity contribution in [3.63, 3.8) is 0 Å². The van der Waals surface area contributed by atoms with E-state index >= 15 is 0 Å². The average Bonchev–Trinajstić information content (AvgIpc) is 3.20. The zero-order valence-electron chi connectivity index (χ0n) is 15.7. The van der Waals surface area contributed by atoms with Crippen molar-refractivity contribution < 1.29 is 14.3 Å². The summed E-state index contributed by atoms with van der Waals surface area (Å²) in [6.45, 7) is 4.14. The van der Waals surface area contributed by atoms with E-state index in [1.54, 1.807) is 42.6 Å². The molecule has 1 fully saturated rings. The number of nitrogens with one attached hydrogen (secondary N) is 1. The minimum absolute atomic E-state index is 0.0246. The van der Waals surface area contributed by atoms with Crippen molar-refractivity contribution in [2.24, 2.45) is 0 Å². The Hall–Kier alpha value is -2.90. The molecule has 0 radical (unpaired) electrons. The van der Waals surface area contributed by atoms with Gasteiger partial charge in [-0.05, 0) is 38.0 Å². The van der Waals surface area contributed by atoms with Gasteiger partial charge in [-0.2, -0.15) is 0 Å². The van der Waals surface area contributed by atoms with Gasteiger partial charge in [-0.15, -0.1) is 10.2 Å². The predicted molar refractivity (Wildman–Crippen MR) is 99.6 cm³/mol. The Morgan fingerprint density at radius 2 is 2.22 bits per heavy atom. The van der Waals surface area contributed by atoms with E-state index in [1.807, 2.05) is 11.5 Å². The number of likely N-dealkylation sites (tertiary alicyclic amines) is 1. The second-order valence-electron chi connectivity index (χ2n) is 6.57. The smallest absolute Gasteiger partial charge is 0.251 e. The van der Waals surface area contributed by atoms with E-state index in [9.17, 15) is 9.59 Å². The second-order valence-corrected chi connectivity index (χ2v) is 6.57.